The first-order valence-electron chi connectivity index (χ1n) is 8.14. The largest absolute Gasteiger partial charge is 0.481 e. The fraction of sp³-hybridized carbons (Fsp3) is 0.812. The number of hydrogen-bond acceptors (Lipinski definition) is 4. The first kappa shape index (κ1) is 14.5. The van der Waals surface area contributed by atoms with Gasteiger partial charge in [-0.15, -0.1) is 0 Å². The first-order chi connectivity index (χ1) is 10.1. The molecule has 2 fully saturated rings. The molecule has 0 spiro atoms. The van der Waals surface area contributed by atoms with Crippen LogP contribution in [0.1, 0.15) is 75.9 Å². The smallest absolute Gasteiger partial charge is 0.307 e. The lowest BCUT2D eigenvalue weighted by Gasteiger charge is -2.10. The van der Waals surface area contributed by atoms with Gasteiger partial charge in [0.15, 0.2) is 5.82 Å². The molecule has 116 valence electrons. The van der Waals surface area contributed by atoms with Crippen LogP contribution in [0, 0.1) is 17.8 Å². The number of carboxylic acids is 1. The Balaban J connectivity index is 1.77. The molecule has 21 heavy (non-hydrogen) atoms. The minimum absolute atomic E-state index is 0.104. The normalized spacial score (nSPS) is 36.2. The minimum Gasteiger partial charge on any atom is -0.481 e. The molecular weight excluding hydrogens is 268 g/mol. The average Bonchev–Trinajstić information content (AvgIpc) is 3.15. The standard InChI is InChI=1S/C16H24N2O3/c1-3-10-7-12(13(8-10)16(19)20)15-17-14(18-21-15)11-5-4-9(2)6-11/h9-13H,3-8H2,1-2H3,(H,19,20). The van der Waals surface area contributed by atoms with Gasteiger partial charge < -0.3 is 9.63 Å². The monoisotopic (exact) mass is 292 g/mol. The van der Waals surface area contributed by atoms with Gasteiger partial charge in [0.1, 0.15) is 0 Å². The summed E-state index contributed by atoms with van der Waals surface area (Å²) in [4.78, 5) is 16.0. The van der Waals surface area contributed by atoms with Crippen molar-refractivity contribution >= 4 is 5.97 Å². The van der Waals surface area contributed by atoms with Gasteiger partial charge in [0.2, 0.25) is 5.89 Å². The second-order valence-corrected chi connectivity index (χ2v) is 6.90. The first-order valence-corrected chi connectivity index (χ1v) is 8.14. The zero-order chi connectivity index (χ0) is 15.0. The van der Waals surface area contributed by atoms with E-state index in [4.69, 9.17) is 4.52 Å². The highest BCUT2D eigenvalue weighted by atomic mass is 16.5. The Morgan fingerprint density at radius 1 is 1.33 bits per heavy atom. The van der Waals surface area contributed by atoms with E-state index in [1.165, 1.54) is 6.42 Å². The van der Waals surface area contributed by atoms with Crippen LogP contribution in [0.5, 0.6) is 0 Å². The van der Waals surface area contributed by atoms with Crippen LogP contribution >= 0.6 is 0 Å². The van der Waals surface area contributed by atoms with Gasteiger partial charge in [0.25, 0.3) is 0 Å². The molecule has 5 nitrogen and oxygen atoms in total. The zero-order valence-electron chi connectivity index (χ0n) is 12.8. The molecule has 0 aliphatic heterocycles. The van der Waals surface area contributed by atoms with Gasteiger partial charge in [-0.05, 0) is 43.9 Å². The van der Waals surface area contributed by atoms with E-state index in [0.717, 1.165) is 43.8 Å². The van der Waals surface area contributed by atoms with E-state index in [2.05, 4.69) is 24.0 Å². The zero-order valence-corrected chi connectivity index (χ0v) is 12.8. The molecule has 2 aliphatic carbocycles. The van der Waals surface area contributed by atoms with Crippen molar-refractivity contribution in [1.82, 2.24) is 10.1 Å². The van der Waals surface area contributed by atoms with Gasteiger partial charge >= 0.3 is 5.97 Å². The number of aromatic nitrogens is 2. The molecule has 0 bridgehead atoms. The van der Waals surface area contributed by atoms with E-state index >= 15 is 0 Å². The number of nitrogens with zero attached hydrogens (tertiary/aromatic N) is 2. The van der Waals surface area contributed by atoms with Crippen molar-refractivity contribution in [3.05, 3.63) is 11.7 Å². The van der Waals surface area contributed by atoms with Crippen LogP contribution in [0.25, 0.3) is 0 Å². The van der Waals surface area contributed by atoms with Gasteiger partial charge in [0.05, 0.1) is 11.8 Å². The molecule has 1 aromatic heterocycles. The van der Waals surface area contributed by atoms with Crippen molar-refractivity contribution in [2.75, 3.05) is 0 Å². The van der Waals surface area contributed by atoms with Crippen LogP contribution in [-0.4, -0.2) is 21.2 Å². The number of carboxylic acid groups (broad SMARTS) is 1. The molecule has 1 heterocycles. The van der Waals surface area contributed by atoms with Crippen molar-refractivity contribution in [1.29, 1.82) is 0 Å². The lowest BCUT2D eigenvalue weighted by Crippen LogP contribution is -2.17. The van der Waals surface area contributed by atoms with Crippen LogP contribution in [0.2, 0.25) is 0 Å². The second kappa shape index (κ2) is 5.78. The Hall–Kier alpha value is -1.39. The summed E-state index contributed by atoms with van der Waals surface area (Å²) in [5.41, 5.74) is 0. The van der Waals surface area contributed by atoms with Gasteiger partial charge in [-0.3, -0.25) is 4.79 Å². The maximum absolute atomic E-state index is 11.5. The molecule has 0 amide bonds. The van der Waals surface area contributed by atoms with Gasteiger partial charge in [-0.1, -0.05) is 25.4 Å². The molecule has 2 saturated carbocycles. The van der Waals surface area contributed by atoms with Crippen LogP contribution in [-0.2, 0) is 4.79 Å². The van der Waals surface area contributed by atoms with Crippen molar-refractivity contribution in [2.45, 2.75) is 64.2 Å². The van der Waals surface area contributed by atoms with Gasteiger partial charge in [0, 0.05) is 5.92 Å². The summed E-state index contributed by atoms with van der Waals surface area (Å²) in [5.74, 6) is 1.71. The highest BCUT2D eigenvalue weighted by molar-refractivity contribution is 5.71. The molecule has 3 rings (SSSR count). The van der Waals surface area contributed by atoms with E-state index in [0.29, 0.717) is 17.7 Å². The van der Waals surface area contributed by atoms with E-state index in [-0.39, 0.29) is 11.8 Å². The van der Waals surface area contributed by atoms with Crippen molar-refractivity contribution < 1.29 is 14.4 Å². The molecule has 5 atom stereocenters. The van der Waals surface area contributed by atoms with E-state index < -0.39 is 5.97 Å². The van der Waals surface area contributed by atoms with Crippen LogP contribution in [0.15, 0.2) is 4.52 Å². The van der Waals surface area contributed by atoms with Crippen molar-refractivity contribution in [3.63, 3.8) is 0 Å². The highest BCUT2D eigenvalue weighted by Gasteiger charge is 2.42. The van der Waals surface area contributed by atoms with E-state index in [9.17, 15) is 9.90 Å². The third kappa shape index (κ3) is 2.83. The fourth-order valence-corrected chi connectivity index (χ4v) is 4.03. The topological polar surface area (TPSA) is 76.2 Å². The fourth-order valence-electron chi connectivity index (χ4n) is 4.03. The lowest BCUT2D eigenvalue weighted by atomic mass is 9.96. The lowest BCUT2D eigenvalue weighted by molar-refractivity contribution is -0.142. The molecular formula is C16H24N2O3. The summed E-state index contributed by atoms with van der Waals surface area (Å²) in [5, 5.41) is 13.6. The summed E-state index contributed by atoms with van der Waals surface area (Å²) in [6.07, 6.45) is 6.05. The van der Waals surface area contributed by atoms with Gasteiger partial charge in [-0.25, -0.2) is 0 Å². The molecule has 0 aromatic carbocycles. The minimum atomic E-state index is -0.731. The maximum atomic E-state index is 11.5. The molecule has 5 heteroatoms. The predicted molar refractivity (Wildman–Crippen MR) is 76.9 cm³/mol. The summed E-state index contributed by atoms with van der Waals surface area (Å²) in [6.45, 7) is 4.37. The number of carbonyl (C=O) groups is 1. The highest BCUT2D eigenvalue weighted by Crippen LogP contribution is 2.45. The summed E-state index contributed by atoms with van der Waals surface area (Å²) < 4.78 is 5.45. The van der Waals surface area contributed by atoms with Gasteiger partial charge in [-0.2, -0.15) is 4.98 Å². The maximum Gasteiger partial charge on any atom is 0.307 e. The number of hydrogen-bond donors (Lipinski definition) is 1. The number of rotatable bonds is 4. The number of aliphatic carboxylic acids is 1. The van der Waals surface area contributed by atoms with Crippen LogP contribution < -0.4 is 0 Å². The summed E-state index contributed by atoms with van der Waals surface area (Å²) in [7, 11) is 0. The predicted octanol–water partition coefficient (Wildman–Crippen LogP) is 3.58. The molecule has 0 radical (unpaired) electrons. The Labute approximate surface area is 125 Å². The Kier molecular flexibility index (Phi) is 4.00. The molecule has 2 aliphatic rings. The van der Waals surface area contributed by atoms with E-state index in [1.807, 2.05) is 0 Å². The Morgan fingerprint density at radius 3 is 2.76 bits per heavy atom. The van der Waals surface area contributed by atoms with E-state index in [1.54, 1.807) is 0 Å². The summed E-state index contributed by atoms with van der Waals surface area (Å²) in [6, 6.07) is 0. The molecule has 1 aromatic rings. The molecule has 0 saturated heterocycles. The summed E-state index contributed by atoms with van der Waals surface area (Å²) >= 11 is 0. The molecule has 1 N–H and O–H groups in total. The second-order valence-electron chi connectivity index (χ2n) is 6.90. The van der Waals surface area contributed by atoms with Crippen LogP contribution in [0.4, 0.5) is 0 Å². The average molecular weight is 292 g/mol. The van der Waals surface area contributed by atoms with Crippen molar-refractivity contribution in [2.24, 2.45) is 17.8 Å². The quantitative estimate of drug-likeness (QED) is 0.918. The third-order valence-corrected chi connectivity index (χ3v) is 5.39. The SMILES string of the molecule is CCC1CC(C(=O)O)C(c2nc(C3CCC(C)C3)no2)C1. The van der Waals surface area contributed by atoms with Crippen LogP contribution in [0.3, 0.4) is 0 Å². The van der Waals surface area contributed by atoms with Crippen molar-refractivity contribution in [3.8, 4) is 0 Å². The Morgan fingerprint density at radius 2 is 2.14 bits per heavy atom. The molecule has 5 unspecified atom stereocenters. The Bertz CT molecular complexity index is 513. The third-order valence-electron chi connectivity index (χ3n) is 5.39.